The van der Waals surface area contributed by atoms with Crippen molar-refractivity contribution in [3.05, 3.63) is 23.9 Å². The number of hydrogen-bond donors (Lipinski definition) is 1. The van der Waals surface area contributed by atoms with Crippen molar-refractivity contribution in [1.82, 2.24) is 9.88 Å². The third-order valence-electron chi connectivity index (χ3n) is 4.44. The van der Waals surface area contributed by atoms with Gasteiger partial charge in [-0.25, -0.2) is 4.98 Å². The van der Waals surface area contributed by atoms with Gasteiger partial charge in [0.25, 0.3) is 0 Å². The molecule has 0 saturated carbocycles. The fourth-order valence-corrected chi connectivity index (χ4v) is 3.21. The Morgan fingerprint density at radius 2 is 2.05 bits per heavy atom. The maximum Gasteiger partial charge on any atom is 0.128 e. The molecule has 0 bridgehead atoms. The Bertz CT molecular complexity index is 409. The van der Waals surface area contributed by atoms with Crippen LogP contribution >= 0.6 is 0 Å². The first-order valence-corrected chi connectivity index (χ1v) is 7.44. The first-order chi connectivity index (χ1) is 9.24. The van der Waals surface area contributed by atoms with Gasteiger partial charge in [0.2, 0.25) is 0 Å². The lowest BCUT2D eigenvalue weighted by molar-refractivity contribution is 0.260. The van der Waals surface area contributed by atoms with E-state index < -0.39 is 0 Å². The first-order valence-electron chi connectivity index (χ1n) is 7.44. The molecule has 2 atom stereocenters. The van der Waals surface area contributed by atoms with Crippen molar-refractivity contribution in [3.8, 4) is 0 Å². The number of likely N-dealkylation sites (tertiary alicyclic amines) is 1. The van der Waals surface area contributed by atoms with Crippen LogP contribution in [0, 0.1) is 0 Å². The summed E-state index contributed by atoms with van der Waals surface area (Å²) in [6.45, 7) is 6.83. The molecule has 3 rings (SSSR count). The summed E-state index contributed by atoms with van der Waals surface area (Å²) in [5.41, 5.74) is 6.97. The van der Waals surface area contributed by atoms with Gasteiger partial charge >= 0.3 is 0 Å². The molecule has 104 valence electrons. The van der Waals surface area contributed by atoms with Gasteiger partial charge in [-0.15, -0.1) is 0 Å². The van der Waals surface area contributed by atoms with E-state index in [1.165, 1.54) is 32.4 Å². The second-order valence-corrected chi connectivity index (χ2v) is 5.87. The van der Waals surface area contributed by atoms with Gasteiger partial charge in [0.15, 0.2) is 0 Å². The maximum absolute atomic E-state index is 5.86. The van der Waals surface area contributed by atoms with Crippen LogP contribution in [0.2, 0.25) is 0 Å². The summed E-state index contributed by atoms with van der Waals surface area (Å²) in [5.74, 6) is 1.10. The summed E-state index contributed by atoms with van der Waals surface area (Å²) >= 11 is 0. The molecule has 0 aromatic carbocycles. The van der Waals surface area contributed by atoms with Crippen molar-refractivity contribution < 1.29 is 0 Å². The van der Waals surface area contributed by atoms with Crippen molar-refractivity contribution in [2.24, 2.45) is 5.73 Å². The Morgan fingerprint density at radius 1 is 1.26 bits per heavy atom. The summed E-state index contributed by atoms with van der Waals surface area (Å²) < 4.78 is 0. The third kappa shape index (κ3) is 2.74. The van der Waals surface area contributed by atoms with E-state index in [2.05, 4.69) is 26.9 Å². The largest absolute Gasteiger partial charge is 0.355 e. The molecular weight excluding hydrogens is 236 g/mol. The zero-order valence-corrected chi connectivity index (χ0v) is 11.8. The van der Waals surface area contributed by atoms with Crippen LogP contribution in [0.5, 0.6) is 0 Å². The highest BCUT2D eigenvalue weighted by atomic mass is 15.3. The highest BCUT2D eigenvalue weighted by Crippen LogP contribution is 2.24. The van der Waals surface area contributed by atoms with Crippen LogP contribution in [0.4, 0.5) is 5.82 Å². The third-order valence-corrected chi connectivity index (χ3v) is 4.44. The van der Waals surface area contributed by atoms with Crippen molar-refractivity contribution >= 4 is 5.82 Å². The topological polar surface area (TPSA) is 45.4 Å². The van der Waals surface area contributed by atoms with E-state index in [1.54, 1.807) is 0 Å². The molecule has 0 aliphatic carbocycles. The quantitative estimate of drug-likeness (QED) is 0.900. The summed E-state index contributed by atoms with van der Waals surface area (Å²) in [6, 6.07) is 5.02. The van der Waals surface area contributed by atoms with Gasteiger partial charge in [-0.2, -0.15) is 0 Å². The average Bonchev–Trinajstić information content (AvgIpc) is 3.10. The van der Waals surface area contributed by atoms with Crippen LogP contribution < -0.4 is 10.6 Å². The number of nitrogens with two attached hydrogens (primary N) is 1. The van der Waals surface area contributed by atoms with Gasteiger partial charge in [-0.05, 0) is 50.9 Å². The van der Waals surface area contributed by atoms with E-state index in [9.17, 15) is 0 Å². The zero-order valence-electron chi connectivity index (χ0n) is 11.8. The fraction of sp³-hybridized carbons (Fsp3) is 0.667. The van der Waals surface area contributed by atoms with Gasteiger partial charge < -0.3 is 10.6 Å². The van der Waals surface area contributed by atoms with E-state index in [0.717, 1.165) is 30.5 Å². The molecule has 0 spiro atoms. The molecule has 4 nitrogen and oxygen atoms in total. The Balaban J connectivity index is 1.63. The average molecular weight is 260 g/mol. The summed E-state index contributed by atoms with van der Waals surface area (Å²) in [7, 11) is 0. The van der Waals surface area contributed by atoms with Gasteiger partial charge in [-0.3, -0.25) is 4.90 Å². The van der Waals surface area contributed by atoms with Crippen LogP contribution in [0.25, 0.3) is 0 Å². The number of nitrogens with zero attached hydrogens (tertiary/aromatic N) is 3. The molecule has 2 N–H and O–H groups in total. The molecule has 1 unspecified atom stereocenters. The molecule has 2 fully saturated rings. The van der Waals surface area contributed by atoms with Gasteiger partial charge in [0.05, 0.1) is 0 Å². The number of pyridine rings is 1. The monoisotopic (exact) mass is 260 g/mol. The Hall–Kier alpha value is -1.13. The highest BCUT2D eigenvalue weighted by Gasteiger charge is 2.29. The lowest BCUT2D eigenvalue weighted by atomic mass is 10.1. The Morgan fingerprint density at radius 3 is 2.68 bits per heavy atom. The van der Waals surface area contributed by atoms with Gasteiger partial charge in [0.1, 0.15) is 5.82 Å². The van der Waals surface area contributed by atoms with Crippen molar-refractivity contribution in [3.63, 3.8) is 0 Å². The van der Waals surface area contributed by atoms with E-state index in [4.69, 9.17) is 5.73 Å². The summed E-state index contributed by atoms with van der Waals surface area (Å²) in [6.07, 6.45) is 5.94. The maximum atomic E-state index is 5.86. The van der Waals surface area contributed by atoms with Crippen LogP contribution in [0.1, 0.15) is 37.8 Å². The van der Waals surface area contributed by atoms with Crippen molar-refractivity contribution in [1.29, 1.82) is 0 Å². The van der Waals surface area contributed by atoms with E-state index >= 15 is 0 Å². The van der Waals surface area contributed by atoms with E-state index in [-0.39, 0.29) is 6.04 Å². The highest BCUT2D eigenvalue weighted by molar-refractivity contribution is 5.41. The standard InChI is InChI=1S/C15H24N4/c1-12(16)13-4-5-15(17-10-13)19-9-6-14(11-19)18-7-2-3-8-18/h4-5,10,12,14H,2-3,6-9,11,16H2,1H3/t12-,14?/m1/s1. The Labute approximate surface area is 115 Å². The van der Waals surface area contributed by atoms with Crippen LogP contribution in [-0.2, 0) is 0 Å². The number of rotatable bonds is 3. The van der Waals surface area contributed by atoms with E-state index in [1.807, 2.05) is 13.1 Å². The van der Waals surface area contributed by atoms with Crippen molar-refractivity contribution in [2.45, 2.75) is 38.3 Å². The molecule has 1 aromatic rings. The normalized spacial score (nSPS) is 26.0. The molecule has 2 aliphatic heterocycles. The first kappa shape index (κ1) is 12.9. The molecule has 0 radical (unpaired) electrons. The predicted octanol–water partition coefficient (Wildman–Crippen LogP) is 1.78. The molecule has 0 amide bonds. The van der Waals surface area contributed by atoms with Crippen molar-refractivity contribution in [2.75, 3.05) is 31.1 Å². The fourth-order valence-electron chi connectivity index (χ4n) is 3.21. The van der Waals surface area contributed by atoms with E-state index in [0.29, 0.717) is 0 Å². The molecule has 2 aliphatic rings. The minimum absolute atomic E-state index is 0.0671. The second-order valence-electron chi connectivity index (χ2n) is 5.87. The number of aromatic nitrogens is 1. The predicted molar refractivity (Wildman–Crippen MR) is 78.3 cm³/mol. The lowest BCUT2D eigenvalue weighted by Gasteiger charge is -2.24. The minimum Gasteiger partial charge on any atom is -0.355 e. The minimum atomic E-state index is 0.0671. The van der Waals surface area contributed by atoms with Crippen LogP contribution in [-0.4, -0.2) is 42.1 Å². The second kappa shape index (κ2) is 5.47. The lowest BCUT2D eigenvalue weighted by Crippen LogP contribution is -2.35. The summed E-state index contributed by atoms with van der Waals surface area (Å²) in [5, 5.41) is 0. The molecule has 2 saturated heterocycles. The van der Waals surface area contributed by atoms with Gasteiger partial charge in [-0.1, -0.05) is 6.07 Å². The molecule has 4 heteroatoms. The SMILES string of the molecule is C[C@@H](N)c1ccc(N2CCC(N3CCCC3)C2)nc1. The number of anilines is 1. The van der Waals surface area contributed by atoms with Crippen LogP contribution in [0.3, 0.4) is 0 Å². The number of hydrogen-bond acceptors (Lipinski definition) is 4. The summed E-state index contributed by atoms with van der Waals surface area (Å²) in [4.78, 5) is 9.63. The van der Waals surface area contributed by atoms with Crippen LogP contribution in [0.15, 0.2) is 18.3 Å². The molecule has 1 aromatic heterocycles. The molecule has 3 heterocycles. The zero-order chi connectivity index (χ0) is 13.2. The Kier molecular flexibility index (Phi) is 3.71. The molecule has 19 heavy (non-hydrogen) atoms. The smallest absolute Gasteiger partial charge is 0.128 e. The molecular formula is C15H24N4. The van der Waals surface area contributed by atoms with Gasteiger partial charge in [0, 0.05) is 31.4 Å².